The summed E-state index contributed by atoms with van der Waals surface area (Å²) < 4.78 is 27.9. The number of benzene rings is 2. The number of rotatable bonds is 5. The first-order valence-electron chi connectivity index (χ1n) is 8.58. The Kier molecular flexibility index (Phi) is 5.30. The van der Waals surface area contributed by atoms with Gasteiger partial charge < -0.3 is 5.32 Å². The molecule has 3 aromatic rings. The zero-order valence-electron chi connectivity index (χ0n) is 15.0. The molecule has 0 fully saturated rings. The fourth-order valence-corrected chi connectivity index (χ4v) is 2.85. The van der Waals surface area contributed by atoms with Crippen LogP contribution >= 0.6 is 0 Å². The lowest BCUT2D eigenvalue weighted by Gasteiger charge is -2.13. The number of nitrogens with one attached hydrogen (secondary N) is 1. The zero-order chi connectivity index (χ0) is 19.6. The SMILES string of the molecule is CC(C)Cn1nc(C(=O)NCc2cc(F)cc(F)c2)c2ccccc2c1=O. The van der Waals surface area contributed by atoms with Gasteiger partial charge in [-0.15, -0.1) is 0 Å². The van der Waals surface area contributed by atoms with Crippen molar-refractivity contribution in [2.24, 2.45) is 5.92 Å². The fraction of sp³-hybridized carbons (Fsp3) is 0.250. The molecule has 5 nitrogen and oxygen atoms in total. The molecular weight excluding hydrogens is 352 g/mol. The topological polar surface area (TPSA) is 64.0 Å². The molecule has 1 aromatic heterocycles. The van der Waals surface area contributed by atoms with Crippen molar-refractivity contribution in [1.82, 2.24) is 15.1 Å². The van der Waals surface area contributed by atoms with Crippen LogP contribution in [0.1, 0.15) is 29.9 Å². The maximum atomic E-state index is 13.3. The molecule has 27 heavy (non-hydrogen) atoms. The van der Waals surface area contributed by atoms with E-state index in [1.54, 1.807) is 24.3 Å². The van der Waals surface area contributed by atoms with E-state index in [0.717, 1.165) is 18.2 Å². The Morgan fingerprint density at radius 1 is 1.11 bits per heavy atom. The summed E-state index contributed by atoms with van der Waals surface area (Å²) in [6, 6.07) is 9.80. The van der Waals surface area contributed by atoms with Gasteiger partial charge in [0.15, 0.2) is 5.69 Å². The van der Waals surface area contributed by atoms with Crippen LogP contribution in [0.25, 0.3) is 10.8 Å². The van der Waals surface area contributed by atoms with Crippen molar-refractivity contribution in [2.75, 3.05) is 0 Å². The van der Waals surface area contributed by atoms with E-state index >= 15 is 0 Å². The van der Waals surface area contributed by atoms with E-state index in [2.05, 4.69) is 10.4 Å². The van der Waals surface area contributed by atoms with E-state index in [1.165, 1.54) is 4.68 Å². The zero-order valence-corrected chi connectivity index (χ0v) is 15.0. The summed E-state index contributed by atoms with van der Waals surface area (Å²) in [7, 11) is 0. The van der Waals surface area contributed by atoms with Crippen LogP contribution in [0.3, 0.4) is 0 Å². The summed E-state index contributed by atoms with van der Waals surface area (Å²) in [4.78, 5) is 25.3. The van der Waals surface area contributed by atoms with Crippen molar-refractivity contribution in [2.45, 2.75) is 26.9 Å². The van der Waals surface area contributed by atoms with E-state index < -0.39 is 17.5 Å². The summed E-state index contributed by atoms with van der Waals surface area (Å²) in [5.41, 5.74) is 0.131. The van der Waals surface area contributed by atoms with Crippen LogP contribution in [0.15, 0.2) is 47.3 Å². The Labute approximate surface area is 154 Å². The smallest absolute Gasteiger partial charge is 0.274 e. The number of nitrogens with zero attached hydrogens (tertiary/aromatic N) is 2. The summed E-state index contributed by atoms with van der Waals surface area (Å²) in [6.07, 6.45) is 0. The normalized spacial score (nSPS) is 11.1. The molecule has 7 heteroatoms. The van der Waals surface area contributed by atoms with Gasteiger partial charge in [-0.05, 0) is 29.7 Å². The molecule has 140 valence electrons. The number of halogens is 2. The number of carbonyl (C=O) groups is 1. The van der Waals surface area contributed by atoms with E-state index in [4.69, 9.17) is 0 Å². The highest BCUT2D eigenvalue weighted by molar-refractivity contribution is 6.04. The third-order valence-corrected chi connectivity index (χ3v) is 4.00. The number of hydrogen-bond donors (Lipinski definition) is 1. The van der Waals surface area contributed by atoms with Gasteiger partial charge in [0.25, 0.3) is 11.5 Å². The van der Waals surface area contributed by atoms with Gasteiger partial charge in [-0.2, -0.15) is 5.10 Å². The van der Waals surface area contributed by atoms with Crippen molar-refractivity contribution < 1.29 is 13.6 Å². The molecule has 0 aliphatic carbocycles. The molecule has 2 aromatic carbocycles. The van der Waals surface area contributed by atoms with Crippen molar-refractivity contribution in [3.63, 3.8) is 0 Å². The fourth-order valence-electron chi connectivity index (χ4n) is 2.85. The van der Waals surface area contributed by atoms with Gasteiger partial charge in [-0.25, -0.2) is 13.5 Å². The van der Waals surface area contributed by atoms with Crippen LogP contribution in [-0.4, -0.2) is 15.7 Å². The number of aromatic nitrogens is 2. The lowest BCUT2D eigenvalue weighted by molar-refractivity contribution is 0.0945. The number of hydrogen-bond acceptors (Lipinski definition) is 3. The van der Waals surface area contributed by atoms with Crippen molar-refractivity contribution in [1.29, 1.82) is 0 Å². The minimum atomic E-state index is -0.715. The lowest BCUT2D eigenvalue weighted by atomic mass is 10.1. The molecule has 0 atom stereocenters. The van der Waals surface area contributed by atoms with Gasteiger partial charge in [0.1, 0.15) is 11.6 Å². The maximum absolute atomic E-state index is 13.3. The molecule has 0 saturated carbocycles. The Hall–Kier alpha value is -3.09. The Balaban J connectivity index is 1.95. The minimum Gasteiger partial charge on any atom is -0.347 e. The molecule has 0 aliphatic heterocycles. The number of amides is 1. The summed E-state index contributed by atoms with van der Waals surface area (Å²) in [5, 5.41) is 7.68. The maximum Gasteiger partial charge on any atom is 0.274 e. The monoisotopic (exact) mass is 371 g/mol. The van der Waals surface area contributed by atoms with Crippen LogP contribution in [0.4, 0.5) is 8.78 Å². The highest BCUT2D eigenvalue weighted by atomic mass is 19.1. The van der Waals surface area contributed by atoms with Gasteiger partial charge in [0, 0.05) is 24.5 Å². The van der Waals surface area contributed by atoms with E-state index in [0.29, 0.717) is 22.9 Å². The van der Waals surface area contributed by atoms with Crippen LogP contribution < -0.4 is 10.9 Å². The van der Waals surface area contributed by atoms with Gasteiger partial charge in [0.05, 0.1) is 5.39 Å². The van der Waals surface area contributed by atoms with Crippen molar-refractivity contribution >= 4 is 16.7 Å². The van der Waals surface area contributed by atoms with Gasteiger partial charge in [-0.3, -0.25) is 9.59 Å². The van der Waals surface area contributed by atoms with Crippen LogP contribution in [0.5, 0.6) is 0 Å². The molecule has 0 unspecified atom stereocenters. The molecule has 0 bridgehead atoms. The highest BCUT2D eigenvalue weighted by Crippen LogP contribution is 2.14. The Morgan fingerprint density at radius 3 is 2.37 bits per heavy atom. The lowest BCUT2D eigenvalue weighted by Crippen LogP contribution is -2.31. The molecule has 1 heterocycles. The quantitative estimate of drug-likeness (QED) is 0.749. The van der Waals surface area contributed by atoms with E-state index in [9.17, 15) is 18.4 Å². The predicted octanol–water partition coefficient (Wildman–Crippen LogP) is 3.26. The summed E-state index contributed by atoms with van der Waals surface area (Å²) in [5.74, 6) is -1.78. The minimum absolute atomic E-state index is 0.0627. The van der Waals surface area contributed by atoms with E-state index in [1.807, 2.05) is 13.8 Å². The Bertz CT molecular complexity index is 1040. The second kappa shape index (κ2) is 7.65. The standard InChI is InChI=1S/C20H19F2N3O2/c1-12(2)11-25-20(27)17-6-4-3-5-16(17)18(24-25)19(26)23-10-13-7-14(21)9-15(22)8-13/h3-9,12H,10-11H2,1-2H3,(H,23,26). The molecular formula is C20H19F2N3O2. The van der Waals surface area contributed by atoms with Crippen LogP contribution in [-0.2, 0) is 13.1 Å². The molecule has 1 N–H and O–H groups in total. The summed E-state index contributed by atoms with van der Waals surface area (Å²) >= 11 is 0. The largest absolute Gasteiger partial charge is 0.347 e. The van der Waals surface area contributed by atoms with Crippen molar-refractivity contribution in [3.8, 4) is 0 Å². The first kappa shape index (κ1) is 18.7. The van der Waals surface area contributed by atoms with Crippen LogP contribution in [0, 0.1) is 17.6 Å². The number of fused-ring (bicyclic) bond motifs is 1. The summed E-state index contributed by atoms with van der Waals surface area (Å²) in [6.45, 7) is 4.20. The Morgan fingerprint density at radius 2 is 1.74 bits per heavy atom. The molecule has 0 saturated heterocycles. The average molecular weight is 371 g/mol. The second-order valence-corrected chi connectivity index (χ2v) is 6.74. The first-order chi connectivity index (χ1) is 12.8. The predicted molar refractivity (Wildman–Crippen MR) is 98.4 cm³/mol. The van der Waals surface area contributed by atoms with E-state index in [-0.39, 0.29) is 23.7 Å². The molecule has 3 rings (SSSR count). The highest BCUT2D eigenvalue weighted by Gasteiger charge is 2.17. The number of carbonyl (C=O) groups excluding carboxylic acids is 1. The van der Waals surface area contributed by atoms with Crippen LogP contribution in [0.2, 0.25) is 0 Å². The second-order valence-electron chi connectivity index (χ2n) is 6.74. The van der Waals surface area contributed by atoms with Gasteiger partial charge in [-0.1, -0.05) is 32.0 Å². The van der Waals surface area contributed by atoms with Gasteiger partial charge in [0.2, 0.25) is 0 Å². The van der Waals surface area contributed by atoms with Crippen molar-refractivity contribution in [3.05, 3.63) is 75.7 Å². The first-order valence-corrected chi connectivity index (χ1v) is 8.58. The average Bonchev–Trinajstić information content (AvgIpc) is 2.61. The molecule has 1 amide bonds. The van der Waals surface area contributed by atoms with Gasteiger partial charge >= 0.3 is 0 Å². The molecule has 0 radical (unpaired) electrons. The molecule has 0 aliphatic rings. The molecule has 0 spiro atoms. The third-order valence-electron chi connectivity index (χ3n) is 4.00. The third kappa shape index (κ3) is 4.19.